The molecular weight excluding hydrogens is 272 g/mol. The molecule has 0 bridgehead atoms. The van der Waals surface area contributed by atoms with Crippen LogP contribution in [0.25, 0.3) is 0 Å². The lowest BCUT2D eigenvalue weighted by Gasteiger charge is -2.07. The number of nitrogens with zero attached hydrogens (tertiary/aromatic N) is 1. The van der Waals surface area contributed by atoms with Crippen LogP contribution in [0.15, 0.2) is 23.4 Å². The second-order valence-electron chi connectivity index (χ2n) is 4.33. The van der Waals surface area contributed by atoms with Crippen LogP contribution in [0.5, 0.6) is 11.5 Å². The first kappa shape index (κ1) is 16.8. The number of carbonyl (C=O) groups excluding carboxylic acids is 1. The SMILES string of the molecule is CCCCNC(=O)CO/N=C\c1ccc(OC)c(OC)c1. The molecule has 116 valence electrons. The minimum absolute atomic E-state index is 0.0898. The molecule has 1 N–H and O–H groups in total. The highest BCUT2D eigenvalue weighted by Crippen LogP contribution is 2.26. The number of hydrogen-bond acceptors (Lipinski definition) is 5. The molecule has 0 saturated heterocycles. The molecular formula is C15H22N2O4. The van der Waals surface area contributed by atoms with Crippen molar-refractivity contribution in [3.8, 4) is 11.5 Å². The summed E-state index contributed by atoms with van der Waals surface area (Å²) in [4.78, 5) is 16.3. The standard InChI is InChI=1S/C15H22N2O4/c1-4-5-8-16-15(18)11-21-17-10-12-6-7-13(19-2)14(9-12)20-3/h6-7,9-10H,4-5,8,11H2,1-3H3,(H,16,18)/b17-10-. The fourth-order valence-corrected chi connectivity index (χ4v) is 1.58. The van der Waals surface area contributed by atoms with E-state index in [4.69, 9.17) is 14.3 Å². The number of benzene rings is 1. The average Bonchev–Trinajstić information content (AvgIpc) is 2.51. The van der Waals surface area contributed by atoms with Gasteiger partial charge in [0.2, 0.25) is 0 Å². The zero-order valence-corrected chi connectivity index (χ0v) is 12.7. The number of hydrogen-bond donors (Lipinski definition) is 1. The molecule has 0 aliphatic heterocycles. The van der Waals surface area contributed by atoms with Gasteiger partial charge in [-0.25, -0.2) is 0 Å². The van der Waals surface area contributed by atoms with E-state index in [1.54, 1.807) is 26.4 Å². The summed E-state index contributed by atoms with van der Waals surface area (Å²) >= 11 is 0. The molecule has 1 aromatic carbocycles. The van der Waals surface area contributed by atoms with Crippen molar-refractivity contribution in [1.82, 2.24) is 5.32 Å². The molecule has 1 aromatic rings. The van der Waals surface area contributed by atoms with Crippen molar-refractivity contribution in [3.05, 3.63) is 23.8 Å². The Morgan fingerprint density at radius 3 is 2.71 bits per heavy atom. The van der Waals surface area contributed by atoms with Gasteiger partial charge in [0.05, 0.1) is 20.4 Å². The lowest BCUT2D eigenvalue weighted by atomic mass is 10.2. The number of methoxy groups -OCH3 is 2. The second kappa shape index (κ2) is 9.63. The van der Waals surface area contributed by atoms with E-state index in [-0.39, 0.29) is 12.5 Å². The van der Waals surface area contributed by atoms with Crippen LogP contribution < -0.4 is 14.8 Å². The van der Waals surface area contributed by atoms with E-state index in [0.717, 1.165) is 18.4 Å². The monoisotopic (exact) mass is 294 g/mol. The van der Waals surface area contributed by atoms with Gasteiger partial charge in [-0.05, 0) is 24.6 Å². The molecule has 6 nitrogen and oxygen atoms in total. The summed E-state index contributed by atoms with van der Waals surface area (Å²) in [5.74, 6) is 1.08. The van der Waals surface area contributed by atoms with Crippen LogP contribution in [0, 0.1) is 0 Å². The predicted octanol–water partition coefficient (Wildman–Crippen LogP) is 1.97. The van der Waals surface area contributed by atoms with Crippen LogP contribution in [0.3, 0.4) is 0 Å². The van der Waals surface area contributed by atoms with E-state index >= 15 is 0 Å². The van der Waals surface area contributed by atoms with Crippen molar-refractivity contribution in [1.29, 1.82) is 0 Å². The first-order chi connectivity index (χ1) is 10.2. The van der Waals surface area contributed by atoms with Crippen molar-refractivity contribution < 1.29 is 19.1 Å². The lowest BCUT2D eigenvalue weighted by molar-refractivity contribution is -0.125. The van der Waals surface area contributed by atoms with E-state index in [0.29, 0.717) is 18.0 Å². The molecule has 21 heavy (non-hydrogen) atoms. The lowest BCUT2D eigenvalue weighted by Crippen LogP contribution is -2.27. The van der Waals surface area contributed by atoms with E-state index in [9.17, 15) is 4.79 Å². The number of nitrogens with one attached hydrogen (secondary N) is 1. The molecule has 1 amide bonds. The van der Waals surface area contributed by atoms with Crippen LogP contribution in [-0.2, 0) is 9.63 Å². The van der Waals surface area contributed by atoms with E-state index < -0.39 is 0 Å². The van der Waals surface area contributed by atoms with Gasteiger partial charge in [0.25, 0.3) is 5.91 Å². The number of unbranched alkanes of at least 4 members (excludes halogenated alkanes) is 1. The average molecular weight is 294 g/mol. The zero-order valence-electron chi connectivity index (χ0n) is 12.7. The maximum atomic E-state index is 11.4. The van der Waals surface area contributed by atoms with Gasteiger partial charge in [-0.3, -0.25) is 4.79 Å². The van der Waals surface area contributed by atoms with Crippen LogP contribution >= 0.6 is 0 Å². The van der Waals surface area contributed by atoms with Gasteiger partial charge in [-0.15, -0.1) is 0 Å². The summed E-state index contributed by atoms with van der Waals surface area (Å²) in [6, 6.07) is 5.36. The maximum Gasteiger partial charge on any atom is 0.260 e. The van der Waals surface area contributed by atoms with Gasteiger partial charge in [-0.2, -0.15) is 0 Å². The number of oxime groups is 1. The number of carbonyl (C=O) groups is 1. The first-order valence-corrected chi connectivity index (χ1v) is 6.85. The first-order valence-electron chi connectivity index (χ1n) is 6.85. The van der Waals surface area contributed by atoms with Crippen molar-refractivity contribution in [3.63, 3.8) is 0 Å². The van der Waals surface area contributed by atoms with E-state index in [2.05, 4.69) is 17.4 Å². The van der Waals surface area contributed by atoms with Crippen LogP contribution in [0.1, 0.15) is 25.3 Å². The van der Waals surface area contributed by atoms with Crippen LogP contribution in [0.4, 0.5) is 0 Å². The normalized spacial score (nSPS) is 10.4. The summed E-state index contributed by atoms with van der Waals surface area (Å²) in [5, 5.41) is 6.50. The van der Waals surface area contributed by atoms with E-state index in [1.807, 2.05) is 6.07 Å². The molecule has 0 atom stereocenters. The Morgan fingerprint density at radius 2 is 2.05 bits per heavy atom. The second-order valence-corrected chi connectivity index (χ2v) is 4.33. The third-order valence-corrected chi connectivity index (χ3v) is 2.73. The Morgan fingerprint density at radius 1 is 1.29 bits per heavy atom. The van der Waals surface area contributed by atoms with Gasteiger partial charge in [0, 0.05) is 12.1 Å². The summed E-state index contributed by atoms with van der Waals surface area (Å²) in [6.45, 7) is 2.64. The Kier molecular flexibility index (Phi) is 7.71. The van der Waals surface area contributed by atoms with Crippen molar-refractivity contribution >= 4 is 12.1 Å². The van der Waals surface area contributed by atoms with Crippen molar-refractivity contribution in [2.24, 2.45) is 5.16 Å². The zero-order chi connectivity index (χ0) is 15.5. The number of rotatable bonds is 9. The predicted molar refractivity (Wildman–Crippen MR) is 81.0 cm³/mol. The van der Waals surface area contributed by atoms with Gasteiger partial charge in [0.15, 0.2) is 18.1 Å². The molecule has 0 aromatic heterocycles. The highest BCUT2D eigenvalue weighted by molar-refractivity contribution is 5.81. The molecule has 0 unspecified atom stereocenters. The summed E-state index contributed by atoms with van der Waals surface area (Å²) in [7, 11) is 3.14. The maximum absolute atomic E-state index is 11.4. The topological polar surface area (TPSA) is 69.2 Å². The fraction of sp³-hybridized carbons (Fsp3) is 0.467. The molecule has 6 heteroatoms. The minimum atomic E-state index is -0.173. The van der Waals surface area contributed by atoms with Gasteiger partial charge < -0.3 is 19.6 Å². The molecule has 0 radical (unpaired) electrons. The Labute approximate surface area is 125 Å². The Hall–Kier alpha value is -2.24. The summed E-state index contributed by atoms with van der Waals surface area (Å²) in [6.07, 6.45) is 3.51. The Bertz CT molecular complexity index is 475. The highest BCUT2D eigenvalue weighted by atomic mass is 16.6. The van der Waals surface area contributed by atoms with Crippen molar-refractivity contribution in [2.45, 2.75) is 19.8 Å². The summed E-state index contributed by atoms with van der Waals surface area (Å²) in [5.41, 5.74) is 0.791. The van der Waals surface area contributed by atoms with Gasteiger partial charge in [-0.1, -0.05) is 18.5 Å². The number of amides is 1. The molecule has 0 aliphatic rings. The molecule has 0 aliphatic carbocycles. The number of ether oxygens (including phenoxy) is 2. The Balaban J connectivity index is 2.41. The molecule has 0 heterocycles. The van der Waals surface area contributed by atoms with Crippen LogP contribution in [0.2, 0.25) is 0 Å². The van der Waals surface area contributed by atoms with Gasteiger partial charge in [0.1, 0.15) is 0 Å². The molecule has 1 rings (SSSR count). The third-order valence-electron chi connectivity index (χ3n) is 2.73. The quantitative estimate of drug-likeness (QED) is 0.429. The van der Waals surface area contributed by atoms with E-state index in [1.165, 1.54) is 6.21 Å². The minimum Gasteiger partial charge on any atom is -0.493 e. The largest absolute Gasteiger partial charge is 0.493 e. The van der Waals surface area contributed by atoms with Crippen LogP contribution in [-0.4, -0.2) is 39.5 Å². The van der Waals surface area contributed by atoms with Crippen molar-refractivity contribution in [2.75, 3.05) is 27.4 Å². The summed E-state index contributed by atoms with van der Waals surface area (Å²) < 4.78 is 10.3. The smallest absolute Gasteiger partial charge is 0.260 e. The third kappa shape index (κ3) is 6.16. The molecule has 0 spiro atoms. The highest BCUT2D eigenvalue weighted by Gasteiger charge is 2.03. The molecule has 0 saturated carbocycles. The fourth-order valence-electron chi connectivity index (χ4n) is 1.58. The van der Waals surface area contributed by atoms with Gasteiger partial charge >= 0.3 is 0 Å². The molecule has 0 fully saturated rings.